The van der Waals surface area contributed by atoms with Crippen LogP contribution in [-0.2, 0) is 4.79 Å². The fourth-order valence-corrected chi connectivity index (χ4v) is 4.93. The molecule has 6 nitrogen and oxygen atoms in total. The highest BCUT2D eigenvalue weighted by Gasteiger charge is 2.14. The van der Waals surface area contributed by atoms with Crippen molar-refractivity contribution in [1.82, 2.24) is 19.6 Å². The highest BCUT2D eigenvalue weighted by molar-refractivity contribution is 8.00. The number of carbonyl (C=O) groups is 1. The number of halogens is 1. The van der Waals surface area contributed by atoms with E-state index in [1.807, 2.05) is 77.2 Å². The predicted octanol–water partition coefficient (Wildman–Crippen LogP) is 5.75. The number of aromatic amines is 1. The van der Waals surface area contributed by atoms with Crippen molar-refractivity contribution < 1.29 is 4.79 Å². The van der Waals surface area contributed by atoms with Crippen LogP contribution < -0.4 is 5.32 Å². The van der Waals surface area contributed by atoms with Crippen LogP contribution in [0, 0.1) is 0 Å². The van der Waals surface area contributed by atoms with Crippen LogP contribution in [0.25, 0.3) is 16.8 Å². The average molecular weight is 466 g/mol. The first-order valence-corrected chi connectivity index (χ1v) is 11.6. The smallest absolute Gasteiger partial charge is 0.234 e. The Morgan fingerprint density at radius 2 is 1.81 bits per heavy atom. The Morgan fingerprint density at radius 1 is 1.03 bits per heavy atom. The molecule has 1 amide bonds. The molecule has 0 aliphatic rings. The van der Waals surface area contributed by atoms with E-state index in [1.165, 1.54) is 11.8 Å². The molecule has 31 heavy (non-hydrogen) atoms. The van der Waals surface area contributed by atoms with Crippen LogP contribution in [0.4, 0.5) is 5.69 Å². The number of carbonyl (C=O) groups excluding carboxylic acids is 1. The fraction of sp³-hybridized carbons (Fsp3) is 0.0455. The van der Waals surface area contributed by atoms with Crippen LogP contribution in [0.2, 0.25) is 5.02 Å². The molecule has 5 rings (SSSR count). The van der Waals surface area contributed by atoms with E-state index in [9.17, 15) is 4.79 Å². The van der Waals surface area contributed by atoms with Crippen molar-refractivity contribution in [1.29, 1.82) is 0 Å². The molecule has 0 atom stereocenters. The molecule has 0 unspecified atom stereocenters. The minimum Gasteiger partial charge on any atom is -0.324 e. The lowest BCUT2D eigenvalue weighted by molar-refractivity contribution is -0.113. The molecule has 0 aliphatic carbocycles. The second-order valence-electron chi connectivity index (χ2n) is 6.65. The first kappa shape index (κ1) is 20.0. The molecule has 0 spiro atoms. The number of aromatic nitrogens is 4. The molecule has 2 heterocycles. The first-order chi connectivity index (χ1) is 15.2. The number of thioether (sulfide) groups is 1. The quantitative estimate of drug-likeness (QED) is 0.312. The minimum atomic E-state index is -0.102. The molecular weight excluding hydrogens is 450 g/mol. The molecule has 0 fully saturated rings. The van der Waals surface area contributed by atoms with Gasteiger partial charge in [-0.2, -0.15) is 0 Å². The van der Waals surface area contributed by atoms with E-state index in [0.717, 1.165) is 26.5 Å². The van der Waals surface area contributed by atoms with Crippen molar-refractivity contribution in [3.63, 3.8) is 0 Å². The Kier molecular flexibility index (Phi) is 5.59. The second-order valence-corrected chi connectivity index (χ2v) is 9.15. The van der Waals surface area contributed by atoms with Gasteiger partial charge in [0.2, 0.25) is 11.7 Å². The number of benzene rings is 3. The number of amides is 1. The number of H-pyrrole nitrogens is 1. The lowest BCUT2D eigenvalue weighted by Gasteiger charge is -2.10. The van der Waals surface area contributed by atoms with Crippen LogP contribution in [0.15, 0.2) is 87.7 Å². The summed E-state index contributed by atoms with van der Waals surface area (Å²) < 4.78 is 1.93. The number of para-hydroxylation sites is 3. The molecule has 0 radical (unpaired) electrons. The Bertz CT molecular complexity index is 1380. The standard InChI is InChI=1S/C22H16ClN5OS2/c23-14-9-11-15(12-10-14)31-19-8-4-2-6-17(19)24-20(29)13-30-22-27-26-21-25-16-5-1-3-7-18(16)28(21)22/h1-12H,13H2,(H,24,29)(H,25,26). The molecule has 3 aromatic carbocycles. The van der Waals surface area contributed by atoms with Gasteiger partial charge in [0.05, 0.1) is 22.5 Å². The largest absolute Gasteiger partial charge is 0.324 e. The van der Waals surface area contributed by atoms with E-state index in [0.29, 0.717) is 16.0 Å². The van der Waals surface area contributed by atoms with Gasteiger partial charge in [-0.1, -0.05) is 59.4 Å². The molecule has 154 valence electrons. The highest BCUT2D eigenvalue weighted by Crippen LogP contribution is 2.34. The second kappa shape index (κ2) is 8.66. The summed E-state index contributed by atoms with van der Waals surface area (Å²) in [6.07, 6.45) is 0. The normalized spacial score (nSPS) is 11.3. The zero-order valence-electron chi connectivity index (χ0n) is 16.1. The number of rotatable bonds is 6. The van der Waals surface area contributed by atoms with Gasteiger partial charge in [0.1, 0.15) is 0 Å². The van der Waals surface area contributed by atoms with Gasteiger partial charge < -0.3 is 5.32 Å². The number of nitrogens with zero attached hydrogens (tertiary/aromatic N) is 3. The number of imidazole rings is 1. The number of anilines is 1. The van der Waals surface area contributed by atoms with Gasteiger partial charge in [0.25, 0.3) is 0 Å². The molecule has 9 heteroatoms. The third kappa shape index (κ3) is 4.27. The number of hydrogen-bond donors (Lipinski definition) is 2. The Hall–Kier alpha value is -2.94. The summed E-state index contributed by atoms with van der Waals surface area (Å²) in [5.74, 6) is 0.787. The molecular formula is C22H16ClN5OS2. The number of nitrogens with one attached hydrogen (secondary N) is 2. The van der Waals surface area contributed by atoms with Crippen LogP contribution in [0.3, 0.4) is 0 Å². The maximum atomic E-state index is 12.7. The average Bonchev–Trinajstić information content (AvgIpc) is 3.34. The van der Waals surface area contributed by atoms with Crippen molar-refractivity contribution in [3.05, 3.63) is 77.8 Å². The van der Waals surface area contributed by atoms with Crippen molar-refractivity contribution in [2.75, 3.05) is 11.1 Å². The van der Waals surface area contributed by atoms with E-state index >= 15 is 0 Å². The summed E-state index contributed by atoms with van der Waals surface area (Å²) in [5, 5.41) is 11.6. The first-order valence-electron chi connectivity index (χ1n) is 9.44. The molecule has 0 saturated carbocycles. The molecule has 2 N–H and O–H groups in total. The minimum absolute atomic E-state index is 0.102. The lowest BCUT2D eigenvalue weighted by atomic mass is 10.3. The monoisotopic (exact) mass is 465 g/mol. The van der Waals surface area contributed by atoms with Crippen molar-refractivity contribution >= 4 is 63.5 Å². The molecule has 0 saturated heterocycles. The van der Waals surface area contributed by atoms with Gasteiger partial charge in [-0.3, -0.25) is 9.20 Å². The van der Waals surface area contributed by atoms with Crippen LogP contribution in [0.1, 0.15) is 0 Å². The lowest BCUT2D eigenvalue weighted by Crippen LogP contribution is -2.14. The number of fused-ring (bicyclic) bond motifs is 3. The SMILES string of the molecule is O=C(CSc1n[nH]c2nc3ccccc3n12)Nc1ccccc1Sc1ccc(Cl)cc1. The summed E-state index contributed by atoms with van der Waals surface area (Å²) >= 11 is 8.91. The zero-order valence-corrected chi connectivity index (χ0v) is 18.5. The molecule has 5 aromatic rings. The Labute approximate surface area is 191 Å². The van der Waals surface area contributed by atoms with Crippen molar-refractivity contribution in [2.24, 2.45) is 0 Å². The number of hydrogen-bond acceptors (Lipinski definition) is 5. The van der Waals surface area contributed by atoms with Gasteiger partial charge in [-0.05, 0) is 48.5 Å². The molecule has 2 aromatic heterocycles. The third-order valence-electron chi connectivity index (χ3n) is 4.54. The Morgan fingerprint density at radius 3 is 2.68 bits per heavy atom. The zero-order chi connectivity index (χ0) is 21.2. The topological polar surface area (TPSA) is 75.1 Å². The van der Waals surface area contributed by atoms with Crippen LogP contribution >= 0.6 is 35.1 Å². The van der Waals surface area contributed by atoms with Crippen LogP contribution in [0.5, 0.6) is 0 Å². The highest BCUT2D eigenvalue weighted by atomic mass is 35.5. The van der Waals surface area contributed by atoms with Gasteiger partial charge in [-0.15, -0.1) is 5.10 Å². The predicted molar refractivity (Wildman–Crippen MR) is 126 cm³/mol. The van der Waals surface area contributed by atoms with Gasteiger partial charge >= 0.3 is 0 Å². The summed E-state index contributed by atoms with van der Waals surface area (Å²) in [6.45, 7) is 0. The summed E-state index contributed by atoms with van der Waals surface area (Å²) in [6, 6.07) is 23.2. The van der Waals surface area contributed by atoms with Crippen molar-refractivity contribution in [2.45, 2.75) is 14.9 Å². The summed E-state index contributed by atoms with van der Waals surface area (Å²) in [4.78, 5) is 19.2. The fourth-order valence-electron chi connectivity index (χ4n) is 3.14. The van der Waals surface area contributed by atoms with Gasteiger partial charge in [-0.25, -0.2) is 10.1 Å². The maximum absolute atomic E-state index is 12.7. The van der Waals surface area contributed by atoms with Crippen molar-refractivity contribution in [3.8, 4) is 0 Å². The van der Waals surface area contributed by atoms with E-state index in [2.05, 4.69) is 20.5 Å². The molecule has 0 aliphatic heterocycles. The van der Waals surface area contributed by atoms with Crippen LogP contribution in [-0.4, -0.2) is 31.2 Å². The van der Waals surface area contributed by atoms with Gasteiger partial charge in [0.15, 0.2) is 5.16 Å². The van der Waals surface area contributed by atoms with E-state index < -0.39 is 0 Å². The summed E-state index contributed by atoms with van der Waals surface area (Å²) in [5.41, 5.74) is 2.61. The maximum Gasteiger partial charge on any atom is 0.234 e. The molecule has 0 bridgehead atoms. The van der Waals surface area contributed by atoms with E-state index in [-0.39, 0.29) is 11.7 Å². The van der Waals surface area contributed by atoms with E-state index in [1.54, 1.807) is 11.8 Å². The van der Waals surface area contributed by atoms with E-state index in [4.69, 9.17) is 11.6 Å². The summed E-state index contributed by atoms with van der Waals surface area (Å²) in [7, 11) is 0. The Balaban J connectivity index is 1.29. The third-order valence-corrected chi connectivity index (χ3v) is 6.81. The van der Waals surface area contributed by atoms with Gasteiger partial charge in [0, 0.05) is 14.8 Å².